The number of thiazole rings is 1. The van der Waals surface area contributed by atoms with Crippen molar-refractivity contribution in [1.82, 2.24) is 10.3 Å². The van der Waals surface area contributed by atoms with Crippen LogP contribution in [-0.4, -0.2) is 18.6 Å². The van der Waals surface area contributed by atoms with Crippen molar-refractivity contribution in [2.45, 2.75) is 33.4 Å². The van der Waals surface area contributed by atoms with Crippen LogP contribution in [0, 0.1) is 6.92 Å². The van der Waals surface area contributed by atoms with Gasteiger partial charge in [-0.1, -0.05) is 30.3 Å². The summed E-state index contributed by atoms with van der Waals surface area (Å²) >= 11 is 1.80. The standard InChI is InChI=1S/C16H23N3S/c1-5-19(11-14-9-7-6-8-10-14)16-18-13(3)15(20-16)12(2)17-4/h6-10,12,17H,5,11H2,1-4H3. The van der Waals surface area contributed by atoms with Gasteiger partial charge in [-0.3, -0.25) is 0 Å². The summed E-state index contributed by atoms with van der Waals surface area (Å²) in [5.74, 6) is 0. The van der Waals surface area contributed by atoms with Crippen molar-refractivity contribution in [2.75, 3.05) is 18.5 Å². The summed E-state index contributed by atoms with van der Waals surface area (Å²) in [7, 11) is 1.99. The molecule has 3 nitrogen and oxygen atoms in total. The van der Waals surface area contributed by atoms with Crippen LogP contribution in [0.5, 0.6) is 0 Å². The lowest BCUT2D eigenvalue weighted by Gasteiger charge is -2.19. The van der Waals surface area contributed by atoms with E-state index in [0.717, 1.165) is 23.9 Å². The molecular weight excluding hydrogens is 266 g/mol. The van der Waals surface area contributed by atoms with Crippen LogP contribution in [-0.2, 0) is 6.54 Å². The minimum absolute atomic E-state index is 0.358. The van der Waals surface area contributed by atoms with Crippen molar-refractivity contribution < 1.29 is 0 Å². The van der Waals surface area contributed by atoms with E-state index in [-0.39, 0.29) is 0 Å². The van der Waals surface area contributed by atoms with Crippen molar-refractivity contribution in [3.05, 3.63) is 46.5 Å². The van der Waals surface area contributed by atoms with Gasteiger partial charge in [-0.25, -0.2) is 4.98 Å². The first kappa shape index (κ1) is 15.0. The van der Waals surface area contributed by atoms with Gasteiger partial charge >= 0.3 is 0 Å². The lowest BCUT2D eigenvalue weighted by atomic mass is 10.2. The molecule has 1 heterocycles. The molecule has 0 aliphatic carbocycles. The highest BCUT2D eigenvalue weighted by atomic mass is 32.1. The Morgan fingerprint density at radius 2 is 2.00 bits per heavy atom. The minimum atomic E-state index is 0.358. The largest absolute Gasteiger partial charge is 0.344 e. The lowest BCUT2D eigenvalue weighted by Crippen LogP contribution is -2.21. The second-order valence-electron chi connectivity index (χ2n) is 4.96. The molecular formula is C16H23N3S. The zero-order valence-corrected chi connectivity index (χ0v) is 13.5. The number of benzene rings is 1. The number of nitrogens with one attached hydrogen (secondary N) is 1. The fraction of sp³-hybridized carbons (Fsp3) is 0.438. The molecule has 1 aromatic heterocycles. The molecule has 20 heavy (non-hydrogen) atoms. The Morgan fingerprint density at radius 3 is 2.60 bits per heavy atom. The van der Waals surface area contributed by atoms with E-state index in [1.54, 1.807) is 11.3 Å². The molecule has 0 spiro atoms. The molecule has 1 aromatic carbocycles. The Hall–Kier alpha value is -1.39. The lowest BCUT2D eigenvalue weighted by molar-refractivity contribution is 0.658. The molecule has 4 heteroatoms. The summed E-state index contributed by atoms with van der Waals surface area (Å²) < 4.78 is 0. The Morgan fingerprint density at radius 1 is 1.30 bits per heavy atom. The Balaban J connectivity index is 2.20. The fourth-order valence-corrected chi connectivity index (χ4v) is 3.37. The van der Waals surface area contributed by atoms with E-state index in [2.05, 4.69) is 61.3 Å². The number of rotatable bonds is 6. The van der Waals surface area contributed by atoms with Gasteiger partial charge in [-0.05, 0) is 33.4 Å². The van der Waals surface area contributed by atoms with Crippen molar-refractivity contribution >= 4 is 16.5 Å². The van der Waals surface area contributed by atoms with Gasteiger partial charge in [-0.15, -0.1) is 11.3 Å². The second kappa shape index (κ2) is 6.86. The maximum Gasteiger partial charge on any atom is 0.186 e. The van der Waals surface area contributed by atoms with Crippen LogP contribution in [0.3, 0.4) is 0 Å². The molecule has 2 aromatic rings. The van der Waals surface area contributed by atoms with Crippen molar-refractivity contribution in [3.63, 3.8) is 0 Å². The van der Waals surface area contributed by atoms with E-state index in [1.807, 2.05) is 7.05 Å². The molecule has 1 atom stereocenters. The molecule has 1 N–H and O–H groups in total. The maximum atomic E-state index is 4.75. The summed E-state index contributed by atoms with van der Waals surface area (Å²) in [5.41, 5.74) is 2.46. The van der Waals surface area contributed by atoms with Crippen molar-refractivity contribution in [1.29, 1.82) is 0 Å². The number of aryl methyl sites for hydroxylation is 1. The molecule has 0 bridgehead atoms. The predicted octanol–water partition coefficient (Wildman–Crippen LogP) is 3.76. The van der Waals surface area contributed by atoms with E-state index in [4.69, 9.17) is 4.98 Å². The summed E-state index contributed by atoms with van der Waals surface area (Å²) in [6, 6.07) is 10.9. The van der Waals surface area contributed by atoms with Crippen molar-refractivity contribution in [2.24, 2.45) is 0 Å². The molecule has 108 valence electrons. The highest BCUT2D eigenvalue weighted by molar-refractivity contribution is 7.15. The fourth-order valence-electron chi connectivity index (χ4n) is 2.18. The molecule has 0 aliphatic heterocycles. The second-order valence-corrected chi connectivity index (χ2v) is 5.97. The highest BCUT2D eigenvalue weighted by Crippen LogP contribution is 2.31. The number of aromatic nitrogens is 1. The van der Waals surface area contributed by atoms with Crippen LogP contribution >= 0.6 is 11.3 Å². The third kappa shape index (κ3) is 3.38. The normalized spacial score (nSPS) is 12.4. The molecule has 0 amide bonds. The summed E-state index contributed by atoms with van der Waals surface area (Å²) in [5, 5.41) is 4.41. The first-order valence-electron chi connectivity index (χ1n) is 7.09. The average molecular weight is 289 g/mol. The van der Waals surface area contributed by atoms with Gasteiger partial charge in [0.1, 0.15) is 0 Å². The van der Waals surface area contributed by atoms with E-state index in [9.17, 15) is 0 Å². The maximum absolute atomic E-state index is 4.75. The van der Waals surface area contributed by atoms with Crippen LogP contribution in [0.1, 0.15) is 36.0 Å². The van der Waals surface area contributed by atoms with Gasteiger partial charge in [0.05, 0.1) is 5.69 Å². The molecule has 0 aliphatic rings. The van der Waals surface area contributed by atoms with Crippen LogP contribution < -0.4 is 10.2 Å². The first-order chi connectivity index (χ1) is 9.65. The first-order valence-corrected chi connectivity index (χ1v) is 7.90. The van der Waals surface area contributed by atoms with E-state index >= 15 is 0 Å². The Kier molecular flexibility index (Phi) is 5.15. The monoisotopic (exact) mass is 289 g/mol. The van der Waals surface area contributed by atoms with Crippen LogP contribution in [0.4, 0.5) is 5.13 Å². The molecule has 1 unspecified atom stereocenters. The van der Waals surface area contributed by atoms with Gasteiger partial charge in [0.2, 0.25) is 0 Å². The predicted molar refractivity (Wildman–Crippen MR) is 87.5 cm³/mol. The van der Waals surface area contributed by atoms with Crippen LogP contribution in [0.15, 0.2) is 30.3 Å². The molecule has 0 fully saturated rings. The van der Waals surface area contributed by atoms with Gasteiger partial charge in [0.15, 0.2) is 5.13 Å². The molecule has 0 saturated heterocycles. The molecule has 0 saturated carbocycles. The molecule has 0 radical (unpaired) electrons. The summed E-state index contributed by atoms with van der Waals surface area (Å²) in [6.45, 7) is 8.34. The zero-order valence-electron chi connectivity index (χ0n) is 12.7. The van der Waals surface area contributed by atoms with E-state index < -0.39 is 0 Å². The summed E-state index contributed by atoms with van der Waals surface area (Å²) in [4.78, 5) is 8.41. The smallest absolute Gasteiger partial charge is 0.186 e. The van der Waals surface area contributed by atoms with E-state index in [0.29, 0.717) is 6.04 Å². The zero-order chi connectivity index (χ0) is 14.5. The average Bonchev–Trinajstić information content (AvgIpc) is 2.87. The van der Waals surface area contributed by atoms with Crippen LogP contribution in [0.25, 0.3) is 0 Å². The highest BCUT2D eigenvalue weighted by Gasteiger charge is 2.16. The summed E-state index contributed by atoms with van der Waals surface area (Å²) in [6.07, 6.45) is 0. The number of nitrogens with zero attached hydrogens (tertiary/aromatic N) is 2. The number of hydrogen-bond acceptors (Lipinski definition) is 4. The van der Waals surface area contributed by atoms with Gasteiger partial charge in [0, 0.05) is 24.0 Å². The van der Waals surface area contributed by atoms with E-state index in [1.165, 1.54) is 10.4 Å². The number of anilines is 1. The quantitative estimate of drug-likeness (QED) is 0.877. The minimum Gasteiger partial charge on any atom is -0.344 e. The van der Waals surface area contributed by atoms with Gasteiger partial charge in [-0.2, -0.15) is 0 Å². The number of hydrogen-bond donors (Lipinski definition) is 1. The van der Waals surface area contributed by atoms with Crippen LogP contribution in [0.2, 0.25) is 0 Å². The molecule has 2 rings (SSSR count). The van der Waals surface area contributed by atoms with Gasteiger partial charge < -0.3 is 10.2 Å². The Labute approximate surface area is 125 Å². The third-order valence-electron chi connectivity index (χ3n) is 3.52. The topological polar surface area (TPSA) is 28.2 Å². The Bertz CT molecular complexity index is 536. The van der Waals surface area contributed by atoms with Crippen molar-refractivity contribution in [3.8, 4) is 0 Å². The van der Waals surface area contributed by atoms with Gasteiger partial charge in [0.25, 0.3) is 0 Å². The third-order valence-corrected chi connectivity index (χ3v) is 4.92. The SMILES string of the molecule is CCN(Cc1ccccc1)c1nc(C)c(C(C)NC)s1.